The summed E-state index contributed by atoms with van der Waals surface area (Å²) in [4.78, 5) is 24.7. The van der Waals surface area contributed by atoms with Crippen molar-refractivity contribution < 1.29 is 14.3 Å². The molecule has 3 rings (SSSR count). The summed E-state index contributed by atoms with van der Waals surface area (Å²) in [7, 11) is 0. The molecule has 1 amide bonds. The van der Waals surface area contributed by atoms with E-state index in [2.05, 4.69) is 10.4 Å². The fourth-order valence-corrected chi connectivity index (χ4v) is 2.86. The lowest BCUT2D eigenvalue weighted by Crippen LogP contribution is -2.30. The maximum Gasteiger partial charge on any atom is 0.338 e. The highest BCUT2D eigenvalue weighted by atomic mass is 16.5. The Morgan fingerprint density at radius 3 is 2.32 bits per heavy atom. The first kappa shape index (κ1) is 19.4. The van der Waals surface area contributed by atoms with Crippen LogP contribution >= 0.6 is 0 Å². The number of hydrogen-bond donors (Lipinski definition) is 1. The number of aryl methyl sites for hydroxylation is 3. The maximum absolute atomic E-state index is 12.4. The van der Waals surface area contributed by atoms with E-state index in [1.807, 2.05) is 49.7 Å². The summed E-state index contributed by atoms with van der Waals surface area (Å²) in [6, 6.07) is 16.4. The molecule has 3 aromatic rings. The van der Waals surface area contributed by atoms with Crippen molar-refractivity contribution in [2.75, 3.05) is 5.32 Å². The van der Waals surface area contributed by atoms with Gasteiger partial charge in [-0.15, -0.1) is 0 Å². The van der Waals surface area contributed by atoms with Crippen molar-refractivity contribution in [3.05, 3.63) is 77.1 Å². The van der Waals surface area contributed by atoms with Gasteiger partial charge < -0.3 is 10.1 Å². The second-order valence-corrected chi connectivity index (χ2v) is 6.74. The first-order chi connectivity index (χ1) is 13.3. The molecule has 0 saturated heterocycles. The second-order valence-electron chi connectivity index (χ2n) is 6.74. The number of nitrogens with one attached hydrogen (secondary N) is 1. The molecule has 144 valence electrons. The summed E-state index contributed by atoms with van der Waals surface area (Å²) in [5.74, 6) is -0.922. The Balaban J connectivity index is 1.64. The maximum atomic E-state index is 12.4. The van der Waals surface area contributed by atoms with Gasteiger partial charge in [-0.25, -0.2) is 9.48 Å². The molecule has 1 aromatic heterocycles. The summed E-state index contributed by atoms with van der Waals surface area (Å²) >= 11 is 0. The van der Waals surface area contributed by atoms with Crippen LogP contribution in [0.1, 0.15) is 34.2 Å². The topological polar surface area (TPSA) is 73.2 Å². The van der Waals surface area contributed by atoms with Crippen LogP contribution in [0.15, 0.2) is 54.6 Å². The molecule has 28 heavy (non-hydrogen) atoms. The molecule has 2 aromatic carbocycles. The van der Waals surface area contributed by atoms with Crippen LogP contribution in [0, 0.1) is 20.8 Å². The number of aromatic nitrogens is 2. The highest BCUT2D eigenvalue weighted by Gasteiger charge is 2.19. The SMILES string of the molecule is Cc1cc(C)n(-c2ccc(C(=O)O[C@H](C)C(=O)Nc3ccccc3C)cc2)n1. The van der Waals surface area contributed by atoms with E-state index in [1.54, 1.807) is 37.3 Å². The first-order valence-electron chi connectivity index (χ1n) is 9.06. The molecule has 0 spiro atoms. The zero-order valence-electron chi connectivity index (χ0n) is 16.4. The summed E-state index contributed by atoms with van der Waals surface area (Å²) in [5.41, 5.74) is 4.80. The van der Waals surface area contributed by atoms with Crippen LogP contribution in [0.5, 0.6) is 0 Å². The highest BCUT2D eigenvalue weighted by molar-refractivity contribution is 5.97. The van der Waals surface area contributed by atoms with Crippen LogP contribution in [-0.2, 0) is 9.53 Å². The highest BCUT2D eigenvalue weighted by Crippen LogP contribution is 2.16. The Kier molecular flexibility index (Phi) is 5.59. The number of ether oxygens (including phenoxy) is 1. The number of rotatable bonds is 5. The van der Waals surface area contributed by atoms with Gasteiger partial charge in [0.2, 0.25) is 0 Å². The molecule has 0 aliphatic heterocycles. The quantitative estimate of drug-likeness (QED) is 0.683. The van der Waals surface area contributed by atoms with Crippen LogP contribution in [0.2, 0.25) is 0 Å². The number of hydrogen-bond acceptors (Lipinski definition) is 4. The van der Waals surface area contributed by atoms with Crippen molar-refractivity contribution in [1.82, 2.24) is 9.78 Å². The normalized spacial score (nSPS) is 11.7. The van der Waals surface area contributed by atoms with E-state index in [0.29, 0.717) is 11.3 Å². The number of benzene rings is 2. The van der Waals surface area contributed by atoms with Gasteiger partial charge in [0.1, 0.15) is 0 Å². The van der Waals surface area contributed by atoms with Crippen molar-refractivity contribution in [2.45, 2.75) is 33.8 Å². The van der Waals surface area contributed by atoms with Gasteiger partial charge in [0.05, 0.1) is 16.9 Å². The zero-order chi connectivity index (χ0) is 20.3. The van der Waals surface area contributed by atoms with Gasteiger partial charge in [-0.1, -0.05) is 18.2 Å². The van der Waals surface area contributed by atoms with Crippen LogP contribution in [0.25, 0.3) is 5.69 Å². The third kappa shape index (κ3) is 4.28. The molecule has 6 nitrogen and oxygen atoms in total. The van der Waals surface area contributed by atoms with Gasteiger partial charge in [0.15, 0.2) is 6.10 Å². The number of amides is 1. The minimum absolute atomic E-state index is 0.373. The molecule has 0 unspecified atom stereocenters. The molecule has 1 heterocycles. The van der Waals surface area contributed by atoms with E-state index in [-0.39, 0.29) is 5.91 Å². The number of carbonyl (C=O) groups excluding carboxylic acids is 2. The van der Waals surface area contributed by atoms with Gasteiger partial charge in [-0.3, -0.25) is 4.79 Å². The number of esters is 1. The molecule has 0 aliphatic carbocycles. The Hall–Kier alpha value is -3.41. The van der Waals surface area contributed by atoms with E-state index in [9.17, 15) is 9.59 Å². The summed E-state index contributed by atoms with van der Waals surface area (Å²) in [5, 5.41) is 7.20. The fourth-order valence-electron chi connectivity index (χ4n) is 2.86. The lowest BCUT2D eigenvalue weighted by atomic mass is 10.2. The Bertz CT molecular complexity index is 1010. The fraction of sp³-hybridized carbons (Fsp3) is 0.227. The lowest BCUT2D eigenvalue weighted by molar-refractivity contribution is -0.123. The van der Waals surface area contributed by atoms with Gasteiger partial charge in [0, 0.05) is 11.4 Å². The first-order valence-corrected chi connectivity index (χ1v) is 9.06. The molecule has 0 radical (unpaired) electrons. The van der Waals surface area contributed by atoms with Crippen molar-refractivity contribution in [3.63, 3.8) is 0 Å². The van der Waals surface area contributed by atoms with Crippen molar-refractivity contribution in [1.29, 1.82) is 0 Å². The average Bonchev–Trinajstić information content (AvgIpc) is 3.01. The average molecular weight is 377 g/mol. The number of anilines is 1. The Morgan fingerprint density at radius 2 is 1.71 bits per heavy atom. The van der Waals surface area contributed by atoms with E-state index in [0.717, 1.165) is 22.6 Å². The van der Waals surface area contributed by atoms with E-state index >= 15 is 0 Å². The molecule has 6 heteroatoms. The predicted molar refractivity (Wildman–Crippen MR) is 108 cm³/mol. The smallest absolute Gasteiger partial charge is 0.338 e. The van der Waals surface area contributed by atoms with Gasteiger partial charge in [-0.2, -0.15) is 5.10 Å². The largest absolute Gasteiger partial charge is 0.449 e. The lowest BCUT2D eigenvalue weighted by Gasteiger charge is -2.15. The van der Waals surface area contributed by atoms with Crippen LogP contribution in [0.3, 0.4) is 0 Å². The van der Waals surface area contributed by atoms with Crippen LogP contribution < -0.4 is 5.32 Å². The molecule has 0 saturated carbocycles. The number of para-hydroxylation sites is 1. The van der Waals surface area contributed by atoms with Crippen LogP contribution in [-0.4, -0.2) is 27.8 Å². The Labute approximate surface area is 164 Å². The molecule has 0 fully saturated rings. The molecular weight excluding hydrogens is 354 g/mol. The zero-order valence-corrected chi connectivity index (χ0v) is 16.4. The van der Waals surface area contributed by atoms with Gasteiger partial charge in [-0.05, 0) is 69.7 Å². The number of carbonyl (C=O) groups is 2. The second kappa shape index (κ2) is 8.08. The van der Waals surface area contributed by atoms with Crippen molar-refractivity contribution in [2.24, 2.45) is 0 Å². The summed E-state index contributed by atoms with van der Waals surface area (Å²) in [6.07, 6.45) is -0.914. The monoisotopic (exact) mass is 377 g/mol. The van der Waals surface area contributed by atoms with Gasteiger partial charge >= 0.3 is 5.97 Å². The standard InChI is InChI=1S/C22H23N3O3/c1-14-7-5-6-8-20(14)23-21(26)17(4)28-22(27)18-9-11-19(12-10-18)25-16(3)13-15(2)24-25/h5-13,17H,1-4H3,(H,23,26)/t17-/m1/s1. The van der Waals surface area contributed by atoms with Gasteiger partial charge in [0.25, 0.3) is 5.91 Å². The van der Waals surface area contributed by atoms with E-state index in [1.165, 1.54) is 0 Å². The van der Waals surface area contributed by atoms with Crippen molar-refractivity contribution in [3.8, 4) is 5.69 Å². The minimum Gasteiger partial charge on any atom is -0.449 e. The molecule has 1 N–H and O–H groups in total. The predicted octanol–water partition coefficient (Wildman–Crippen LogP) is 3.98. The summed E-state index contributed by atoms with van der Waals surface area (Å²) in [6.45, 7) is 7.35. The minimum atomic E-state index is -0.914. The molecule has 1 atom stereocenters. The van der Waals surface area contributed by atoms with E-state index in [4.69, 9.17) is 4.74 Å². The third-order valence-corrected chi connectivity index (χ3v) is 4.41. The number of nitrogens with zero attached hydrogens (tertiary/aromatic N) is 2. The Morgan fingerprint density at radius 1 is 1.04 bits per heavy atom. The molecule has 0 bridgehead atoms. The third-order valence-electron chi connectivity index (χ3n) is 4.41. The molecule has 0 aliphatic rings. The van der Waals surface area contributed by atoms with E-state index < -0.39 is 12.1 Å². The van der Waals surface area contributed by atoms with Crippen molar-refractivity contribution >= 4 is 17.6 Å². The van der Waals surface area contributed by atoms with Crippen LogP contribution in [0.4, 0.5) is 5.69 Å². The summed E-state index contributed by atoms with van der Waals surface area (Å²) < 4.78 is 7.12. The molecular formula is C22H23N3O3.